The largest absolute Gasteiger partial charge is 0.489 e. The van der Waals surface area contributed by atoms with Gasteiger partial charge in [0.05, 0.1) is 65.1 Å². The fourth-order valence-electron chi connectivity index (χ4n) is 14.2. The third-order valence-corrected chi connectivity index (χ3v) is 19.9. The summed E-state index contributed by atoms with van der Waals surface area (Å²) in [6, 6.07) is 9.71. The predicted molar refractivity (Wildman–Crippen MR) is 284 cm³/mol. The zero-order chi connectivity index (χ0) is 52.7. The molecule has 6 fully saturated rings. The lowest BCUT2D eigenvalue weighted by Gasteiger charge is -2.63. The van der Waals surface area contributed by atoms with Crippen molar-refractivity contribution < 1.29 is 32.6 Å². The first-order valence-corrected chi connectivity index (χ1v) is 28.6. The third kappa shape index (κ3) is 10.4. The van der Waals surface area contributed by atoms with Gasteiger partial charge in [-0.15, -0.1) is 11.8 Å². The van der Waals surface area contributed by atoms with E-state index < -0.39 is 23.1 Å². The average molecular weight is 1070 g/mol. The van der Waals surface area contributed by atoms with Crippen LogP contribution in [0.25, 0.3) is 0 Å². The highest BCUT2D eigenvalue weighted by Crippen LogP contribution is 2.63. The van der Waals surface area contributed by atoms with E-state index in [4.69, 9.17) is 30.8 Å². The van der Waals surface area contributed by atoms with Gasteiger partial charge in [-0.2, -0.15) is 9.65 Å². The summed E-state index contributed by atoms with van der Waals surface area (Å²) in [5.74, 6) is -1.66. The zero-order valence-corrected chi connectivity index (χ0v) is 46.1. The number of thioether (sulfide) groups is 1. The quantitative estimate of drug-likeness (QED) is 0.0777. The van der Waals surface area contributed by atoms with Crippen LogP contribution in [0.5, 0.6) is 11.5 Å². The Hall–Kier alpha value is -3.64. The summed E-state index contributed by atoms with van der Waals surface area (Å²) in [5, 5.41) is 23.1. The first-order chi connectivity index (χ1) is 35.4. The number of hydrogen-bond acceptors (Lipinski definition) is 14. The Morgan fingerprint density at radius 2 is 1.65 bits per heavy atom. The minimum absolute atomic E-state index is 0.00540. The second-order valence-electron chi connectivity index (χ2n) is 23.1. The molecule has 2 aromatic rings. The van der Waals surface area contributed by atoms with Gasteiger partial charge in [-0.1, -0.05) is 78.8 Å². The number of fused-ring (bicyclic) bond motifs is 3. The Bertz CT molecular complexity index is 2410. The van der Waals surface area contributed by atoms with E-state index in [1.807, 2.05) is 18.7 Å². The minimum atomic E-state index is -1.04. The molecule has 15 nitrogen and oxygen atoms in total. The van der Waals surface area contributed by atoms with Crippen LogP contribution in [-0.4, -0.2) is 127 Å². The number of carbonyl (C=O) groups is 2. The van der Waals surface area contributed by atoms with Crippen molar-refractivity contribution in [2.75, 3.05) is 45.9 Å². The highest BCUT2D eigenvalue weighted by molar-refractivity contribution is 8.00. The molecule has 0 radical (unpaired) electrons. The molecule has 2 saturated carbocycles. The molecule has 74 heavy (non-hydrogen) atoms. The number of benzene rings is 2. The van der Waals surface area contributed by atoms with E-state index in [0.29, 0.717) is 41.7 Å². The number of nitrogens with zero attached hydrogens (tertiary/aromatic N) is 4. The van der Waals surface area contributed by atoms with E-state index >= 15 is 8.78 Å². The van der Waals surface area contributed by atoms with Crippen molar-refractivity contribution in [1.29, 1.82) is 5.26 Å². The molecular weight excluding hydrogens is 986 g/mol. The molecule has 5 heterocycles. The Balaban J connectivity index is 0.785. The maximum Gasteiger partial charge on any atom is 0.225 e. The van der Waals surface area contributed by atoms with E-state index in [-0.39, 0.29) is 119 Å². The second kappa shape index (κ2) is 22.8. The maximum atomic E-state index is 17.1. The van der Waals surface area contributed by atoms with Crippen LogP contribution in [0.1, 0.15) is 124 Å². The molecular formula is C55H79ClF2N10O5S. The van der Waals surface area contributed by atoms with E-state index in [1.165, 1.54) is 0 Å². The SMILES string of the molecule is CCNC(=O)C[C@@H]1N=C(c2ccc(OCCOC3CCN(C4NCC(C(=O)NC5C(C)(C)C(Oc6ccc(C#N)c(Cl)c6)C5(C)C)CN4)CC3)c(F)c2F)C2(C3CCCCCC3)C(C)C(C)SC2N2C(C)NNC12. The highest BCUT2D eigenvalue weighted by atomic mass is 35.5. The van der Waals surface area contributed by atoms with Crippen molar-refractivity contribution >= 4 is 40.9 Å². The van der Waals surface area contributed by atoms with E-state index in [2.05, 4.69) is 96.5 Å². The first kappa shape index (κ1) is 55.1. The third-order valence-electron chi connectivity index (χ3n) is 17.8. The Kier molecular flexibility index (Phi) is 16.9. The first-order valence-electron chi connectivity index (χ1n) is 27.3. The number of carbonyl (C=O) groups excluding carboxylic acids is 2. The van der Waals surface area contributed by atoms with Crippen LogP contribution in [0.2, 0.25) is 5.02 Å². The van der Waals surface area contributed by atoms with Crippen molar-refractivity contribution in [3.05, 3.63) is 58.1 Å². The number of hydrazine groups is 1. The van der Waals surface area contributed by atoms with Crippen molar-refractivity contribution in [2.45, 2.75) is 167 Å². The molecule has 4 saturated heterocycles. The summed E-state index contributed by atoms with van der Waals surface area (Å²) in [6.45, 7) is 20.4. The Morgan fingerprint density at radius 3 is 2.31 bits per heavy atom. The molecule has 2 amide bonds. The normalized spacial score (nSPS) is 33.5. The van der Waals surface area contributed by atoms with Crippen LogP contribution in [0.4, 0.5) is 8.78 Å². The number of nitriles is 1. The molecule has 7 atom stereocenters. The maximum absolute atomic E-state index is 17.1. The van der Waals surface area contributed by atoms with Gasteiger partial charge in [-0.25, -0.2) is 15.2 Å². The molecule has 406 valence electrons. The molecule has 6 N–H and O–H groups in total. The lowest BCUT2D eigenvalue weighted by Crippen LogP contribution is -2.75. The monoisotopic (exact) mass is 1060 g/mol. The summed E-state index contributed by atoms with van der Waals surface area (Å²) in [7, 11) is 0. The predicted octanol–water partition coefficient (Wildman–Crippen LogP) is 7.27. The lowest BCUT2D eigenvalue weighted by molar-refractivity contribution is -0.174. The van der Waals surface area contributed by atoms with Gasteiger partial charge < -0.3 is 24.8 Å². The number of aliphatic imine (C=N–C) groups is 1. The zero-order valence-electron chi connectivity index (χ0n) is 44.5. The standard InChI is InChI=1S/C55H79ClF2N10O5S/c1-9-60-43(69)27-41-47-66-65-33(4)68(47)51-55(31(2)32(3)74-51,36-14-12-10-11-13-15-36)46(63-41)39-18-19-42(45(58)44(39)57)72-25-24-71-37-20-22-67(23-21-37)52-61-29-35(30-62-52)48(70)64-49-53(5,6)50(54(49,7)8)73-38-17-16-34(28-59)40(56)26-38/h16-19,26,31-33,35-37,41,47,49-52,61-62,65-66H,9-15,20-25,27,29-30H2,1-8H3,(H,60,69)(H,64,70)/t31?,32?,33?,35?,41-,47?,49?,50?,51?,52?,55?/m0/s1. The van der Waals surface area contributed by atoms with E-state index in [9.17, 15) is 14.9 Å². The number of halogens is 3. The summed E-state index contributed by atoms with van der Waals surface area (Å²) in [6.07, 6.45) is 7.47. The van der Waals surface area contributed by atoms with Crippen LogP contribution in [0.15, 0.2) is 35.3 Å². The molecule has 6 unspecified atom stereocenters. The van der Waals surface area contributed by atoms with Crippen LogP contribution < -0.4 is 41.6 Å². The van der Waals surface area contributed by atoms with Gasteiger partial charge in [0.2, 0.25) is 17.6 Å². The molecule has 0 spiro atoms. The molecule has 5 aliphatic heterocycles. The van der Waals surface area contributed by atoms with Crippen molar-refractivity contribution in [3.63, 3.8) is 0 Å². The summed E-state index contributed by atoms with van der Waals surface area (Å²) in [4.78, 5) is 37.2. The van der Waals surface area contributed by atoms with Gasteiger partial charge in [0.15, 0.2) is 11.6 Å². The number of hydrogen-bond donors (Lipinski definition) is 6. The van der Waals surface area contributed by atoms with E-state index in [1.54, 1.807) is 30.3 Å². The number of ether oxygens (including phenoxy) is 3. The molecule has 2 aromatic carbocycles. The lowest BCUT2D eigenvalue weighted by atomic mass is 9.49. The van der Waals surface area contributed by atoms with Crippen LogP contribution in [-0.2, 0) is 14.3 Å². The smallest absolute Gasteiger partial charge is 0.225 e. The molecule has 2 aliphatic carbocycles. The fraction of sp³-hybridized carbons (Fsp3) is 0.709. The van der Waals surface area contributed by atoms with Crippen LogP contribution >= 0.6 is 23.4 Å². The number of amides is 2. The van der Waals surface area contributed by atoms with Crippen molar-refractivity contribution in [3.8, 4) is 17.6 Å². The van der Waals surface area contributed by atoms with E-state index in [0.717, 1.165) is 64.5 Å². The molecule has 0 bridgehead atoms. The van der Waals surface area contributed by atoms with Crippen LogP contribution in [0, 0.1) is 57.0 Å². The fourth-order valence-corrected chi connectivity index (χ4v) is 16.5. The van der Waals surface area contributed by atoms with Crippen molar-refractivity contribution in [1.82, 2.24) is 41.9 Å². The average Bonchev–Trinajstić information content (AvgIpc) is 3.67. The highest BCUT2D eigenvalue weighted by Gasteiger charge is 2.66. The van der Waals surface area contributed by atoms with Crippen LogP contribution in [0.3, 0.4) is 0 Å². The van der Waals surface area contributed by atoms with Gasteiger partial charge in [0.25, 0.3) is 0 Å². The van der Waals surface area contributed by atoms with Gasteiger partial charge in [0.1, 0.15) is 30.8 Å². The minimum Gasteiger partial charge on any atom is -0.489 e. The Morgan fingerprint density at radius 1 is 0.946 bits per heavy atom. The molecule has 7 aliphatic rings. The topological polar surface area (TPSA) is 177 Å². The van der Waals surface area contributed by atoms with Gasteiger partial charge >= 0.3 is 0 Å². The number of piperidine rings is 1. The van der Waals surface area contributed by atoms with Crippen molar-refractivity contribution in [2.24, 2.45) is 39.0 Å². The summed E-state index contributed by atoms with van der Waals surface area (Å²) < 4.78 is 52.2. The molecule has 9 rings (SSSR count). The Labute approximate surface area is 446 Å². The summed E-state index contributed by atoms with van der Waals surface area (Å²) in [5.41, 5.74) is 6.73. The number of nitrogens with one attached hydrogen (secondary N) is 6. The molecule has 0 aromatic heterocycles. The van der Waals surface area contributed by atoms with Gasteiger partial charge in [-0.3, -0.25) is 35.0 Å². The molecule has 19 heteroatoms. The number of rotatable bonds is 15. The van der Waals surface area contributed by atoms with Gasteiger partial charge in [-0.05, 0) is 75.6 Å². The summed E-state index contributed by atoms with van der Waals surface area (Å²) >= 11 is 8.19. The second-order valence-corrected chi connectivity index (χ2v) is 25.0. The van der Waals surface area contributed by atoms with Gasteiger partial charge in [0, 0.05) is 71.9 Å². The number of likely N-dealkylation sites (tertiary alicyclic amines) is 1.